The van der Waals surface area contributed by atoms with Crippen molar-refractivity contribution in [2.75, 3.05) is 4.72 Å². The van der Waals surface area contributed by atoms with E-state index in [-0.39, 0.29) is 4.90 Å². The van der Waals surface area contributed by atoms with Crippen LogP contribution in [0.25, 0.3) is 21.9 Å². The Morgan fingerprint density at radius 2 is 2.00 bits per heavy atom. The quantitative estimate of drug-likeness (QED) is 0.548. The molecule has 2 heterocycles. The molecular formula is C16H11ClN4O2S2. The Balaban J connectivity index is 1.72. The van der Waals surface area contributed by atoms with E-state index in [1.165, 1.54) is 23.5 Å². The van der Waals surface area contributed by atoms with Crippen LogP contribution in [0.1, 0.15) is 0 Å². The van der Waals surface area contributed by atoms with Crippen molar-refractivity contribution in [1.29, 1.82) is 0 Å². The van der Waals surface area contributed by atoms with Gasteiger partial charge in [0, 0.05) is 11.6 Å². The molecule has 2 aromatic heterocycles. The lowest BCUT2D eigenvalue weighted by Gasteiger charge is -2.09. The second-order valence-electron chi connectivity index (χ2n) is 5.19. The number of nitrogens with one attached hydrogen (secondary N) is 2. The summed E-state index contributed by atoms with van der Waals surface area (Å²) in [5.74, 6) is 0.610. The first-order valence-electron chi connectivity index (χ1n) is 7.20. The number of nitrogens with zero attached hydrogens (tertiary/aromatic N) is 2. The highest BCUT2D eigenvalue weighted by Gasteiger charge is 2.17. The average Bonchev–Trinajstić information content (AvgIpc) is 3.25. The van der Waals surface area contributed by atoms with Gasteiger partial charge < -0.3 is 4.98 Å². The van der Waals surface area contributed by atoms with E-state index >= 15 is 0 Å². The minimum Gasteiger partial charge on any atom is -0.336 e. The SMILES string of the molecule is O=S(=O)(Nc1ccccc1Cl)c1ccc2[nH]c(-c3nccs3)nc2c1. The smallest absolute Gasteiger partial charge is 0.262 e. The van der Waals surface area contributed by atoms with Gasteiger partial charge in [-0.15, -0.1) is 11.3 Å². The summed E-state index contributed by atoms with van der Waals surface area (Å²) in [5, 5.41) is 2.93. The van der Waals surface area contributed by atoms with Crippen LogP contribution in [0, 0.1) is 0 Å². The number of hydrogen-bond donors (Lipinski definition) is 2. The van der Waals surface area contributed by atoms with E-state index < -0.39 is 10.0 Å². The van der Waals surface area contributed by atoms with Crippen LogP contribution in [-0.2, 0) is 10.0 Å². The fourth-order valence-electron chi connectivity index (χ4n) is 2.34. The van der Waals surface area contributed by atoms with E-state index in [0.717, 1.165) is 10.5 Å². The number of sulfonamides is 1. The molecule has 2 N–H and O–H groups in total. The third kappa shape index (κ3) is 3.11. The molecule has 0 amide bonds. The molecule has 0 aliphatic heterocycles. The number of rotatable bonds is 4. The third-order valence-corrected chi connectivity index (χ3v) is 5.99. The predicted molar refractivity (Wildman–Crippen MR) is 99.5 cm³/mol. The Labute approximate surface area is 152 Å². The molecule has 0 spiro atoms. The summed E-state index contributed by atoms with van der Waals surface area (Å²) < 4.78 is 27.7. The van der Waals surface area contributed by atoms with Gasteiger partial charge in [-0.2, -0.15) is 0 Å². The Morgan fingerprint density at radius 1 is 1.16 bits per heavy atom. The van der Waals surface area contributed by atoms with Crippen LogP contribution in [0.2, 0.25) is 5.02 Å². The topological polar surface area (TPSA) is 87.7 Å². The van der Waals surface area contributed by atoms with Gasteiger partial charge in [-0.1, -0.05) is 23.7 Å². The number of hydrogen-bond acceptors (Lipinski definition) is 5. The molecule has 2 aromatic carbocycles. The molecule has 0 radical (unpaired) electrons. The zero-order chi connectivity index (χ0) is 17.4. The van der Waals surface area contributed by atoms with Crippen molar-refractivity contribution < 1.29 is 8.42 Å². The van der Waals surface area contributed by atoms with Crippen LogP contribution in [0.4, 0.5) is 5.69 Å². The summed E-state index contributed by atoms with van der Waals surface area (Å²) in [5.41, 5.74) is 1.61. The van der Waals surface area contributed by atoms with Crippen molar-refractivity contribution in [2.45, 2.75) is 4.90 Å². The standard InChI is InChI=1S/C16H11ClN4O2S2/c17-11-3-1-2-4-12(11)21-25(22,23)10-5-6-13-14(9-10)20-15(19-13)16-18-7-8-24-16/h1-9,21H,(H,19,20). The van der Waals surface area contributed by atoms with Gasteiger partial charge in [-0.3, -0.25) is 4.72 Å². The van der Waals surface area contributed by atoms with Crippen molar-refractivity contribution in [3.05, 3.63) is 59.1 Å². The molecule has 0 fully saturated rings. The van der Waals surface area contributed by atoms with E-state index in [4.69, 9.17) is 11.6 Å². The lowest BCUT2D eigenvalue weighted by molar-refractivity contribution is 0.601. The highest BCUT2D eigenvalue weighted by molar-refractivity contribution is 7.92. The zero-order valence-corrected chi connectivity index (χ0v) is 15.0. The summed E-state index contributed by atoms with van der Waals surface area (Å²) in [6.45, 7) is 0. The highest BCUT2D eigenvalue weighted by atomic mass is 35.5. The molecule has 6 nitrogen and oxygen atoms in total. The van der Waals surface area contributed by atoms with Gasteiger partial charge in [-0.05, 0) is 30.3 Å². The molecule has 0 saturated carbocycles. The molecule has 0 bridgehead atoms. The molecule has 0 unspecified atom stereocenters. The van der Waals surface area contributed by atoms with Crippen LogP contribution in [-0.4, -0.2) is 23.4 Å². The summed E-state index contributed by atoms with van der Waals surface area (Å²) in [6, 6.07) is 11.4. The molecule has 4 aromatic rings. The molecule has 9 heteroatoms. The first-order chi connectivity index (χ1) is 12.0. The number of halogens is 1. The molecule has 0 aliphatic rings. The molecule has 0 saturated heterocycles. The van der Waals surface area contributed by atoms with E-state index in [1.54, 1.807) is 36.5 Å². The number of fused-ring (bicyclic) bond motifs is 1. The van der Waals surface area contributed by atoms with Crippen molar-refractivity contribution in [1.82, 2.24) is 15.0 Å². The number of thiazole rings is 1. The first kappa shape index (κ1) is 16.1. The van der Waals surface area contributed by atoms with E-state index in [9.17, 15) is 8.42 Å². The third-order valence-electron chi connectivity index (χ3n) is 3.52. The van der Waals surface area contributed by atoms with Gasteiger partial charge in [0.2, 0.25) is 0 Å². The minimum absolute atomic E-state index is 0.108. The molecule has 126 valence electrons. The Bertz CT molecular complexity index is 1150. The van der Waals surface area contributed by atoms with E-state index in [0.29, 0.717) is 22.1 Å². The van der Waals surface area contributed by atoms with Crippen LogP contribution in [0.15, 0.2) is 58.9 Å². The molecule has 25 heavy (non-hydrogen) atoms. The number of aromatic amines is 1. The molecule has 0 aliphatic carbocycles. The molecular weight excluding hydrogens is 380 g/mol. The first-order valence-corrected chi connectivity index (χ1v) is 9.94. The van der Waals surface area contributed by atoms with Crippen LogP contribution in [0.3, 0.4) is 0 Å². The second-order valence-corrected chi connectivity index (χ2v) is 8.17. The maximum Gasteiger partial charge on any atom is 0.262 e. The fourth-order valence-corrected chi connectivity index (χ4v) is 4.26. The fraction of sp³-hybridized carbons (Fsp3) is 0. The number of H-pyrrole nitrogens is 1. The lowest BCUT2D eigenvalue weighted by Crippen LogP contribution is -2.13. The normalized spacial score (nSPS) is 11.7. The summed E-state index contributed by atoms with van der Waals surface area (Å²) in [4.78, 5) is 11.9. The summed E-state index contributed by atoms with van der Waals surface area (Å²) in [7, 11) is -3.77. The average molecular weight is 391 g/mol. The van der Waals surface area contributed by atoms with Crippen LogP contribution < -0.4 is 4.72 Å². The van der Waals surface area contributed by atoms with Crippen LogP contribution in [0.5, 0.6) is 0 Å². The van der Waals surface area contributed by atoms with Gasteiger partial charge in [0.05, 0.1) is 26.6 Å². The monoisotopic (exact) mass is 390 g/mol. The number of aromatic nitrogens is 3. The van der Waals surface area contributed by atoms with Crippen molar-refractivity contribution >= 4 is 49.7 Å². The van der Waals surface area contributed by atoms with Crippen molar-refractivity contribution in [3.63, 3.8) is 0 Å². The van der Waals surface area contributed by atoms with E-state index in [2.05, 4.69) is 19.7 Å². The minimum atomic E-state index is -3.77. The van der Waals surface area contributed by atoms with Crippen LogP contribution >= 0.6 is 22.9 Å². The predicted octanol–water partition coefficient (Wildman–Crippen LogP) is 4.14. The number of benzene rings is 2. The highest BCUT2D eigenvalue weighted by Crippen LogP contribution is 2.27. The number of anilines is 1. The Kier molecular flexibility index (Phi) is 3.95. The maximum atomic E-state index is 12.6. The maximum absolute atomic E-state index is 12.6. The second kappa shape index (κ2) is 6.14. The molecule has 0 atom stereocenters. The van der Waals surface area contributed by atoms with Crippen molar-refractivity contribution in [3.8, 4) is 10.8 Å². The largest absolute Gasteiger partial charge is 0.336 e. The van der Waals surface area contributed by atoms with Gasteiger partial charge >= 0.3 is 0 Å². The van der Waals surface area contributed by atoms with E-state index in [1.807, 2.05) is 5.38 Å². The molecule has 4 rings (SSSR count). The summed E-state index contributed by atoms with van der Waals surface area (Å²) in [6.07, 6.45) is 1.69. The van der Waals surface area contributed by atoms with Gasteiger partial charge in [-0.25, -0.2) is 18.4 Å². The Hall–Kier alpha value is -2.42. The van der Waals surface area contributed by atoms with Gasteiger partial charge in [0.1, 0.15) is 0 Å². The van der Waals surface area contributed by atoms with Crippen molar-refractivity contribution in [2.24, 2.45) is 0 Å². The van der Waals surface area contributed by atoms with Gasteiger partial charge in [0.25, 0.3) is 10.0 Å². The van der Waals surface area contributed by atoms with Gasteiger partial charge in [0.15, 0.2) is 10.8 Å². The number of imidazole rings is 1. The lowest BCUT2D eigenvalue weighted by atomic mass is 10.3. The summed E-state index contributed by atoms with van der Waals surface area (Å²) >= 11 is 7.48. The Morgan fingerprint density at radius 3 is 2.76 bits per heavy atom. The number of para-hydroxylation sites is 1. The zero-order valence-electron chi connectivity index (χ0n) is 12.6.